The van der Waals surface area contributed by atoms with Gasteiger partial charge < -0.3 is 0 Å². The van der Waals surface area contributed by atoms with Crippen molar-refractivity contribution in [3.05, 3.63) is 23.8 Å². The van der Waals surface area contributed by atoms with Gasteiger partial charge in [-0.2, -0.15) is 0 Å². The van der Waals surface area contributed by atoms with E-state index in [0.29, 0.717) is 0 Å². The Morgan fingerprint density at radius 1 is 1.15 bits per heavy atom. The third kappa shape index (κ3) is 1.27. The first kappa shape index (κ1) is 7.84. The summed E-state index contributed by atoms with van der Waals surface area (Å²) in [6.07, 6.45) is 16.0. The smallest absolute Gasteiger partial charge is 0.0159 e. The molecule has 0 amide bonds. The maximum atomic E-state index is 2.60. The molecular formula is C13H18. The molecule has 0 aromatic carbocycles. The first-order valence-electron chi connectivity index (χ1n) is 5.82. The molecule has 0 spiro atoms. The van der Waals surface area contributed by atoms with Crippen LogP contribution in [-0.4, -0.2) is 0 Å². The first-order chi connectivity index (χ1) is 6.43. The van der Waals surface area contributed by atoms with E-state index in [2.05, 4.69) is 18.2 Å². The van der Waals surface area contributed by atoms with Crippen LogP contribution in [0.2, 0.25) is 0 Å². The molecule has 0 aromatic heterocycles. The topological polar surface area (TPSA) is 0 Å². The van der Waals surface area contributed by atoms with Crippen molar-refractivity contribution in [2.24, 2.45) is 17.8 Å². The highest BCUT2D eigenvalue weighted by molar-refractivity contribution is 5.28. The van der Waals surface area contributed by atoms with Crippen LogP contribution in [0.15, 0.2) is 23.8 Å². The molecule has 1 fully saturated rings. The van der Waals surface area contributed by atoms with Gasteiger partial charge in [0.2, 0.25) is 0 Å². The van der Waals surface area contributed by atoms with Gasteiger partial charge >= 0.3 is 0 Å². The molecule has 0 bridgehead atoms. The Morgan fingerprint density at radius 2 is 2.15 bits per heavy atom. The second-order valence-corrected chi connectivity index (χ2v) is 4.93. The van der Waals surface area contributed by atoms with Gasteiger partial charge in [-0.05, 0) is 55.4 Å². The highest BCUT2D eigenvalue weighted by atomic mass is 14.4. The Balaban J connectivity index is 1.90. The lowest BCUT2D eigenvalue weighted by Crippen LogP contribution is -2.20. The predicted molar refractivity (Wildman–Crippen MR) is 55.4 cm³/mol. The molecule has 0 heteroatoms. The fourth-order valence-corrected chi connectivity index (χ4v) is 3.46. The third-order valence-electron chi connectivity index (χ3n) is 4.18. The molecule has 0 aliphatic heterocycles. The van der Waals surface area contributed by atoms with E-state index in [1.165, 1.54) is 38.5 Å². The zero-order valence-corrected chi connectivity index (χ0v) is 8.21. The molecule has 13 heavy (non-hydrogen) atoms. The van der Waals surface area contributed by atoms with Crippen LogP contribution < -0.4 is 0 Å². The minimum absolute atomic E-state index is 0.935. The Labute approximate surface area is 80.7 Å². The molecule has 3 rings (SSSR count). The molecular weight excluding hydrogens is 156 g/mol. The van der Waals surface area contributed by atoms with Crippen LogP contribution >= 0.6 is 0 Å². The molecule has 0 nitrogen and oxygen atoms in total. The summed E-state index contributed by atoms with van der Waals surface area (Å²) in [4.78, 5) is 0. The van der Waals surface area contributed by atoms with Gasteiger partial charge in [-0.25, -0.2) is 0 Å². The first-order valence-corrected chi connectivity index (χ1v) is 5.82. The van der Waals surface area contributed by atoms with E-state index < -0.39 is 0 Å². The molecule has 3 atom stereocenters. The summed E-state index contributed by atoms with van der Waals surface area (Å²) in [5.74, 6) is 2.94. The molecule has 0 heterocycles. The summed E-state index contributed by atoms with van der Waals surface area (Å²) in [6, 6.07) is 0. The van der Waals surface area contributed by atoms with Crippen molar-refractivity contribution in [3.8, 4) is 0 Å². The van der Waals surface area contributed by atoms with Crippen LogP contribution in [0.3, 0.4) is 0 Å². The standard InChI is InChI=1S/C13H18/c1-2-5-11-9-13-7-3-6-12(13)8-10(11)4-1/h1,4,8,11-13H,2-3,5-7,9H2. The van der Waals surface area contributed by atoms with Gasteiger partial charge in [-0.15, -0.1) is 0 Å². The number of hydrogen-bond acceptors (Lipinski definition) is 0. The number of hydrogen-bond donors (Lipinski definition) is 0. The number of fused-ring (bicyclic) bond motifs is 2. The third-order valence-corrected chi connectivity index (χ3v) is 4.18. The lowest BCUT2D eigenvalue weighted by Gasteiger charge is -2.32. The maximum absolute atomic E-state index is 2.60. The van der Waals surface area contributed by atoms with E-state index in [4.69, 9.17) is 0 Å². The molecule has 0 aromatic rings. The molecule has 3 aliphatic rings. The van der Waals surface area contributed by atoms with Crippen molar-refractivity contribution in [1.29, 1.82) is 0 Å². The van der Waals surface area contributed by atoms with Crippen molar-refractivity contribution >= 4 is 0 Å². The number of rotatable bonds is 0. The zero-order valence-electron chi connectivity index (χ0n) is 8.21. The summed E-state index contributed by atoms with van der Waals surface area (Å²) in [6.45, 7) is 0. The Bertz CT molecular complexity index is 259. The maximum Gasteiger partial charge on any atom is -0.0159 e. The molecule has 0 radical (unpaired) electrons. The van der Waals surface area contributed by atoms with Crippen molar-refractivity contribution < 1.29 is 0 Å². The zero-order chi connectivity index (χ0) is 8.67. The van der Waals surface area contributed by atoms with Gasteiger partial charge in [0.15, 0.2) is 0 Å². The van der Waals surface area contributed by atoms with Crippen molar-refractivity contribution in [2.75, 3.05) is 0 Å². The van der Waals surface area contributed by atoms with Crippen LogP contribution in [-0.2, 0) is 0 Å². The number of allylic oxidation sites excluding steroid dienone is 4. The SMILES string of the molecule is C1=CC2=CC3CCCC3CC2CC1. The summed E-state index contributed by atoms with van der Waals surface area (Å²) in [5.41, 5.74) is 1.68. The fraction of sp³-hybridized carbons (Fsp3) is 0.692. The van der Waals surface area contributed by atoms with Gasteiger partial charge in [-0.3, -0.25) is 0 Å². The second kappa shape index (κ2) is 3.01. The minimum Gasteiger partial charge on any atom is -0.0842 e. The van der Waals surface area contributed by atoms with E-state index >= 15 is 0 Å². The lowest BCUT2D eigenvalue weighted by molar-refractivity contribution is 0.326. The molecule has 3 aliphatic carbocycles. The highest BCUT2D eigenvalue weighted by Crippen LogP contribution is 2.45. The quantitative estimate of drug-likeness (QED) is 0.525. The van der Waals surface area contributed by atoms with Crippen LogP contribution in [0, 0.1) is 17.8 Å². The Kier molecular flexibility index (Phi) is 1.81. The molecule has 0 saturated heterocycles. The van der Waals surface area contributed by atoms with E-state index in [0.717, 1.165) is 17.8 Å². The predicted octanol–water partition coefficient (Wildman–Crippen LogP) is 3.70. The molecule has 0 N–H and O–H groups in total. The Morgan fingerprint density at radius 3 is 3.15 bits per heavy atom. The van der Waals surface area contributed by atoms with Crippen molar-refractivity contribution in [1.82, 2.24) is 0 Å². The molecule has 70 valence electrons. The molecule has 3 unspecified atom stereocenters. The highest BCUT2D eigenvalue weighted by Gasteiger charge is 2.33. The average molecular weight is 174 g/mol. The van der Waals surface area contributed by atoms with Gasteiger partial charge in [0.1, 0.15) is 0 Å². The fourth-order valence-electron chi connectivity index (χ4n) is 3.46. The average Bonchev–Trinajstić information content (AvgIpc) is 2.61. The lowest BCUT2D eigenvalue weighted by atomic mass is 9.73. The summed E-state index contributed by atoms with van der Waals surface area (Å²) in [5, 5.41) is 0. The van der Waals surface area contributed by atoms with Gasteiger partial charge in [-0.1, -0.05) is 24.6 Å². The normalized spacial score (nSPS) is 42.5. The monoisotopic (exact) mass is 174 g/mol. The summed E-state index contributed by atoms with van der Waals surface area (Å²) < 4.78 is 0. The van der Waals surface area contributed by atoms with Crippen LogP contribution in [0.1, 0.15) is 38.5 Å². The van der Waals surface area contributed by atoms with Crippen molar-refractivity contribution in [3.63, 3.8) is 0 Å². The van der Waals surface area contributed by atoms with Crippen LogP contribution in [0.4, 0.5) is 0 Å². The van der Waals surface area contributed by atoms with E-state index in [1.54, 1.807) is 5.57 Å². The van der Waals surface area contributed by atoms with Gasteiger partial charge in [0, 0.05) is 0 Å². The second-order valence-electron chi connectivity index (χ2n) is 4.93. The van der Waals surface area contributed by atoms with Crippen LogP contribution in [0.5, 0.6) is 0 Å². The van der Waals surface area contributed by atoms with Crippen molar-refractivity contribution in [2.45, 2.75) is 38.5 Å². The van der Waals surface area contributed by atoms with Crippen LogP contribution in [0.25, 0.3) is 0 Å². The Hall–Kier alpha value is -0.520. The largest absolute Gasteiger partial charge is 0.0842 e. The van der Waals surface area contributed by atoms with E-state index in [-0.39, 0.29) is 0 Å². The van der Waals surface area contributed by atoms with Gasteiger partial charge in [0.05, 0.1) is 0 Å². The van der Waals surface area contributed by atoms with E-state index in [9.17, 15) is 0 Å². The molecule has 1 saturated carbocycles. The van der Waals surface area contributed by atoms with E-state index in [1.807, 2.05) is 0 Å². The summed E-state index contributed by atoms with van der Waals surface area (Å²) >= 11 is 0. The summed E-state index contributed by atoms with van der Waals surface area (Å²) in [7, 11) is 0. The minimum atomic E-state index is 0.935. The van der Waals surface area contributed by atoms with Gasteiger partial charge in [0.25, 0.3) is 0 Å².